The first-order chi connectivity index (χ1) is 10.2. The number of methoxy groups -OCH3 is 1. The van der Waals surface area contributed by atoms with E-state index in [0.29, 0.717) is 13.1 Å². The lowest BCUT2D eigenvalue weighted by Gasteiger charge is -2.38. The third kappa shape index (κ3) is 2.63. The van der Waals surface area contributed by atoms with Gasteiger partial charge in [0.25, 0.3) is 0 Å². The standard InChI is InChI=1S/C16H22N2O3/c1-21-16(20)18-8-7-17-9-13(11-19)15(14(17)10-18)12-5-3-2-4-6-12/h2-6,13-15,19H,7-11H2,1H3/t13-,14+,15-/m0/s1. The monoisotopic (exact) mass is 290 g/mol. The Labute approximate surface area is 125 Å². The number of amides is 1. The SMILES string of the molecule is COC(=O)N1CCN2C[C@@H](CO)[C@H](c3ccccc3)[C@H]2C1. The molecule has 114 valence electrons. The number of hydrogen-bond donors (Lipinski definition) is 1. The predicted octanol–water partition coefficient (Wildman–Crippen LogP) is 1.14. The second-order valence-corrected chi connectivity index (χ2v) is 5.86. The summed E-state index contributed by atoms with van der Waals surface area (Å²) < 4.78 is 4.85. The van der Waals surface area contributed by atoms with E-state index in [1.54, 1.807) is 4.90 Å². The molecule has 1 aromatic carbocycles. The smallest absolute Gasteiger partial charge is 0.409 e. The van der Waals surface area contributed by atoms with Crippen molar-refractivity contribution in [2.24, 2.45) is 5.92 Å². The molecule has 1 amide bonds. The van der Waals surface area contributed by atoms with E-state index in [-0.39, 0.29) is 30.6 Å². The fourth-order valence-electron chi connectivity index (χ4n) is 3.78. The Morgan fingerprint density at radius 1 is 1.29 bits per heavy atom. The minimum Gasteiger partial charge on any atom is -0.453 e. The lowest BCUT2D eigenvalue weighted by Crippen LogP contribution is -2.53. The van der Waals surface area contributed by atoms with Gasteiger partial charge in [-0.15, -0.1) is 0 Å². The molecule has 0 aliphatic carbocycles. The minimum absolute atomic E-state index is 0.185. The van der Waals surface area contributed by atoms with E-state index in [4.69, 9.17) is 4.74 Å². The van der Waals surface area contributed by atoms with Crippen molar-refractivity contribution in [1.82, 2.24) is 9.80 Å². The maximum atomic E-state index is 11.8. The van der Waals surface area contributed by atoms with E-state index in [9.17, 15) is 9.90 Å². The maximum absolute atomic E-state index is 11.8. The Hall–Kier alpha value is -1.59. The molecular weight excluding hydrogens is 268 g/mol. The van der Waals surface area contributed by atoms with Gasteiger partial charge in [-0.05, 0) is 5.56 Å². The number of aliphatic hydroxyl groups is 1. The van der Waals surface area contributed by atoms with E-state index in [0.717, 1.165) is 13.1 Å². The molecule has 0 bridgehead atoms. The third-order valence-electron chi connectivity index (χ3n) is 4.78. The number of carbonyl (C=O) groups is 1. The summed E-state index contributed by atoms with van der Waals surface area (Å²) in [5, 5.41) is 9.73. The van der Waals surface area contributed by atoms with Crippen molar-refractivity contribution in [3.63, 3.8) is 0 Å². The summed E-state index contributed by atoms with van der Waals surface area (Å²) in [6, 6.07) is 10.6. The lowest BCUT2D eigenvalue weighted by molar-refractivity contribution is 0.0737. The van der Waals surface area contributed by atoms with Gasteiger partial charge in [0.1, 0.15) is 0 Å². The van der Waals surface area contributed by atoms with Crippen LogP contribution in [0.4, 0.5) is 4.79 Å². The summed E-state index contributed by atoms with van der Waals surface area (Å²) in [7, 11) is 1.43. The Bertz CT molecular complexity index is 494. The van der Waals surface area contributed by atoms with Crippen molar-refractivity contribution in [3.8, 4) is 0 Å². The van der Waals surface area contributed by atoms with Gasteiger partial charge in [0.05, 0.1) is 7.11 Å². The molecule has 2 saturated heterocycles. The highest BCUT2D eigenvalue weighted by Crippen LogP contribution is 2.39. The zero-order valence-corrected chi connectivity index (χ0v) is 12.3. The third-order valence-corrected chi connectivity index (χ3v) is 4.78. The molecule has 1 aromatic rings. The number of rotatable bonds is 2. The highest BCUT2D eigenvalue weighted by atomic mass is 16.5. The number of benzene rings is 1. The first kappa shape index (κ1) is 14.4. The number of ether oxygens (including phenoxy) is 1. The fourth-order valence-corrected chi connectivity index (χ4v) is 3.78. The van der Waals surface area contributed by atoms with Gasteiger partial charge in [-0.25, -0.2) is 4.79 Å². The Balaban J connectivity index is 1.84. The van der Waals surface area contributed by atoms with Crippen LogP contribution in [0.1, 0.15) is 11.5 Å². The molecule has 0 spiro atoms. The number of piperazine rings is 1. The summed E-state index contributed by atoms with van der Waals surface area (Å²) in [5.41, 5.74) is 1.25. The van der Waals surface area contributed by atoms with Gasteiger partial charge in [0.15, 0.2) is 0 Å². The van der Waals surface area contributed by atoms with Gasteiger partial charge in [0, 0.05) is 50.7 Å². The second kappa shape index (κ2) is 6.03. The molecule has 0 saturated carbocycles. The minimum atomic E-state index is -0.256. The van der Waals surface area contributed by atoms with E-state index >= 15 is 0 Å². The molecule has 3 rings (SSSR count). The number of hydrogen-bond acceptors (Lipinski definition) is 4. The van der Waals surface area contributed by atoms with E-state index < -0.39 is 0 Å². The summed E-state index contributed by atoms with van der Waals surface area (Å²) >= 11 is 0. The average molecular weight is 290 g/mol. The molecule has 5 nitrogen and oxygen atoms in total. The van der Waals surface area contributed by atoms with Crippen LogP contribution in [-0.2, 0) is 4.74 Å². The maximum Gasteiger partial charge on any atom is 0.409 e. The van der Waals surface area contributed by atoms with Crippen LogP contribution in [0.25, 0.3) is 0 Å². The average Bonchev–Trinajstić information content (AvgIpc) is 2.92. The molecule has 2 heterocycles. The van der Waals surface area contributed by atoms with Gasteiger partial charge in [0.2, 0.25) is 0 Å². The normalized spacial score (nSPS) is 29.2. The van der Waals surface area contributed by atoms with Crippen LogP contribution in [0.15, 0.2) is 30.3 Å². The van der Waals surface area contributed by atoms with Crippen LogP contribution in [0.3, 0.4) is 0 Å². The van der Waals surface area contributed by atoms with Crippen LogP contribution in [-0.4, -0.2) is 66.9 Å². The summed E-state index contributed by atoms with van der Waals surface area (Å²) in [6.07, 6.45) is -0.256. The van der Waals surface area contributed by atoms with Crippen LogP contribution in [0, 0.1) is 5.92 Å². The number of carbonyl (C=O) groups excluding carboxylic acids is 1. The molecule has 0 radical (unpaired) electrons. The Kier molecular flexibility index (Phi) is 4.12. The van der Waals surface area contributed by atoms with E-state index in [1.807, 2.05) is 18.2 Å². The molecular formula is C16H22N2O3. The number of aliphatic hydroxyl groups excluding tert-OH is 1. The van der Waals surface area contributed by atoms with Crippen molar-refractivity contribution >= 4 is 6.09 Å². The van der Waals surface area contributed by atoms with Gasteiger partial charge in [-0.2, -0.15) is 0 Å². The van der Waals surface area contributed by atoms with Crippen LogP contribution in [0.2, 0.25) is 0 Å². The summed E-state index contributed by atoms with van der Waals surface area (Å²) in [5.74, 6) is 0.499. The van der Waals surface area contributed by atoms with E-state index in [2.05, 4.69) is 17.0 Å². The number of nitrogens with zero attached hydrogens (tertiary/aromatic N) is 2. The lowest BCUT2D eigenvalue weighted by atomic mass is 9.84. The highest BCUT2D eigenvalue weighted by Gasteiger charge is 2.45. The van der Waals surface area contributed by atoms with Gasteiger partial charge < -0.3 is 14.7 Å². The predicted molar refractivity (Wildman–Crippen MR) is 79.1 cm³/mol. The van der Waals surface area contributed by atoms with Gasteiger partial charge >= 0.3 is 6.09 Å². The summed E-state index contributed by atoms with van der Waals surface area (Å²) in [4.78, 5) is 16.0. The first-order valence-electron chi connectivity index (χ1n) is 7.47. The Morgan fingerprint density at radius 3 is 2.71 bits per heavy atom. The second-order valence-electron chi connectivity index (χ2n) is 5.86. The zero-order chi connectivity index (χ0) is 14.8. The molecule has 3 atom stereocenters. The molecule has 2 aliphatic rings. The Morgan fingerprint density at radius 2 is 2.05 bits per heavy atom. The molecule has 21 heavy (non-hydrogen) atoms. The van der Waals surface area contributed by atoms with Crippen molar-refractivity contribution in [3.05, 3.63) is 35.9 Å². The fraction of sp³-hybridized carbons (Fsp3) is 0.562. The van der Waals surface area contributed by atoms with Crippen molar-refractivity contribution in [2.45, 2.75) is 12.0 Å². The largest absolute Gasteiger partial charge is 0.453 e. The molecule has 0 aromatic heterocycles. The molecule has 2 fully saturated rings. The van der Waals surface area contributed by atoms with Crippen molar-refractivity contribution < 1.29 is 14.6 Å². The molecule has 0 unspecified atom stereocenters. The van der Waals surface area contributed by atoms with Crippen LogP contribution < -0.4 is 0 Å². The topological polar surface area (TPSA) is 53.0 Å². The van der Waals surface area contributed by atoms with Crippen molar-refractivity contribution in [2.75, 3.05) is 39.9 Å². The van der Waals surface area contributed by atoms with Gasteiger partial charge in [-0.3, -0.25) is 4.90 Å². The first-order valence-corrected chi connectivity index (χ1v) is 7.47. The molecule has 2 aliphatic heterocycles. The van der Waals surface area contributed by atoms with Crippen LogP contribution in [0.5, 0.6) is 0 Å². The molecule has 5 heteroatoms. The number of fused-ring (bicyclic) bond motifs is 1. The summed E-state index contributed by atoms with van der Waals surface area (Å²) in [6.45, 7) is 3.30. The molecule has 1 N–H and O–H groups in total. The zero-order valence-electron chi connectivity index (χ0n) is 12.3. The highest BCUT2D eigenvalue weighted by molar-refractivity contribution is 5.67. The van der Waals surface area contributed by atoms with E-state index in [1.165, 1.54) is 12.7 Å². The van der Waals surface area contributed by atoms with Gasteiger partial charge in [-0.1, -0.05) is 30.3 Å². The van der Waals surface area contributed by atoms with Crippen LogP contribution >= 0.6 is 0 Å². The quantitative estimate of drug-likeness (QED) is 0.887. The van der Waals surface area contributed by atoms with Crippen molar-refractivity contribution in [1.29, 1.82) is 0 Å².